The van der Waals surface area contributed by atoms with E-state index in [0.29, 0.717) is 18.1 Å². The smallest absolute Gasteiger partial charge is 0.327 e. The van der Waals surface area contributed by atoms with Gasteiger partial charge in [-0.25, -0.2) is 4.79 Å². The Morgan fingerprint density at radius 1 is 1.15 bits per heavy atom. The molecular weight excluding hydrogens is 356 g/mol. The summed E-state index contributed by atoms with van der Waals surface area (Å²) in [6.45, 7) is 3.38. The summed E-state index contributed by atoms with van der Waals surface area (Å²) >= 11 is 0. The summed E-state index contributed by atoms with van der Waals surface area (Å²) in [6, 6.07) is 6.19. The first kappa shape index (κ1) is 20.0. The summed E-state index contributed by atoms with van der Waals surface area (Å²) < 4.78 is 10.8. The van der Waals surface area contributed by atoms with Gasteiger partial charge in [-0.1, -0.05) is 0 Å². The van der Waals surface area contributed by atoms with Crippen LogP contribution in [0.1, 0.15) is 13.8 Å². The van der Waals surface area contributed by atoms with E-state index in [4.69, 9.17) is 9.47 Å². The Morgan fingerprint density at radius 2 is 1.78 bits per heavy atom. The van der Waals surface area contributed by atoms with Crippen LogP contribution in [0.15, 0.2) is 24.3 Å². The van der Waals surface area contributed by atoms with Crippen molar-refractivity contribution in [2.75, 3.05) is 26.7 Å². The Bertz CT molecular complexity index is 721. The molecule has 0 saturated carbocycles. The maximum Gasteiger partial charge on any atom is 0.327 e. The predicted octanol–water partition coefficient (Wildman–Crippen LogP) is -0.106. The number of benzene rings is 1. The van der Waals surface area contributed by atoms with Crippen molar-refractivity contribution >= 4 is 23.8 Å². The van der Waals surface area contributed by atoms with E-state index in [1.165, 1.54) is 18.9 Å². The molecule has 2 N–H and O–H groups in total. The van der Waals surface area contributed by atoms with E-state index >= 15 is 0 Å². The van der Waals surface area contributed by atoms with E-state index in [1.807, 2.05) is 6.92 Å². The van der Waals surface area contributed by atoms with Gasteiger partial charge in [-0.15, -0.1) is 0 Å². The van der Waals surface area contributed by atoms with E-state index in [9.17, 15) is 19.2 Å². The standard InChI is InChI=1S/C17H22N4O6/c1-4-26-12-5-7-13(8-6-12)27-11(2)16(24)19-18-14(22)9-21-15(23)10-20(3)17(21)25/h5-8,11H,4,9-10H2,1-3H3,(H,18,22)(H,19,24)/t11-/m1/s1. The molecule has 0 aromatic heterocycles. The highest BCUT2D eigenvalue weighted by atomic mass is 16.5. The molecule has 146 valence electrons. The molecule has 5 amide bonds. The molecule has 1 aliphatic rings. The van der Waals surface area contributed by atoms with E-state index < -0.39 is 36.4 Å². The van der Waals surface area contributed by atoms with Crippen molar-refractivity contribution in [3.05, 3.63) is 24.3 Å². The highest BCUT2D eigenvalue weighted by Crippen LogP contribution is 2.18. The predicted molar refractivity (Wildman–Crippen MR) is 93.7 cm³/mol. The summed E-state index contributed by atoms with van der Waals surface area (Å²) in [4.78, 5) is 49.2. The minimum absolute atomic E-state index is 0.0779. The fourth-order valence-corrected chi connectivity index (χ4v) is 2.28. The lowest BCUT2D eigenvalue weighted by molar-refractivity contribution is -0.134. The third-order valence-electron chi connectivity index (χ3n) is 3.67. The number of ether oxygens (including phenoxy) is 2. The van der Waals surface area contributed by atoms with Gasteiger partial charge in [-0.2, -0.15) is 0 Å². The summed E-state index contributed by atoms with van der Waals surface area (Å²) in [5.74, 6) is -0.618. The van der Waals surface area contributed by atoms with E-state index in [0.717, 1.165) is 4.90 Å². The fourth-order valence-electron chi connectivity index (χ4n) is 2.28. The quantitative estimate of drug-likeness (QED) is 0.505. The topological polar surface area (TPSA) is 117 Å². The summed E-state index contributed by atoms with van der Waals surface area (Å²) in [7, 11) is 1.46. The maximum absolute atomic E-state index is 12.0. The van der Waals surface area contributed by atoms with Crippen LogP contribution in [0.4, 0.5) is 4.79 Å². The van der Waals surface area contributed by atoms with Crippen molar-refractivity contribution < 1.29 is 28.7 Å². The number of amides is 5. The first-order valence-electron chi connectivity index (χ1n) is 8.35. The van der Waals surface area contributed by atoms with Gasteiger partial charge in [-0.05, 0) is 38.1 Å². The Hall–Kier alpha value is -3.30. The van der Waals surface area contributed by atoms with Crippen LogP contribution >= 0.6 is 0 Å². The molecule has 0 bridgehead atoms. The molecule has 10 heteroatoms. The third-order valence-corrected chi connectivity index (χ3v) is 3.67. The summed E-state index contributed by atoms with van der Waals surface area (Å²) in [5.41, 5.74) is 4.35. The highest BCUT2D eigenvalue weighted by Gasteiger charge is 2.34. The van der Waals surface area contributed by atoms with Crippen molar-refractivity contribution in [1.82, 2.24) is 20.7 Å². The lowest BCUT2D eigenvalue weighted by Crippen LogP contribution is -2.50. The van der Waals surface area contributed by atoms with Gasteiger partial charge in [0.15, 0.2) is 6.10 Å². The molecule has 0 aliphatic carbocycles. The lowest BCUT2D eigenvalue weighted by atomic mass is 10.3. The molecule has 1 saturated heterocycles. The SMILES string of the molecule is CCOc1ccc(O[C@H](C)C(=O)NNC(=O)CN2C(=O)CN(C)C2=O)cc1. The zero-order chi connectivity index (χ0) is 20.0. The monoisotopic (exact) mass is 378 g/mol. The zero-order valence-electron chi connectivity index (χ0n) is 15.4. The maximum atomic E-state index is 12.0. The van der Waals surface area contributed by atoms with Gasteiger partial charge >= 0.3 is 6.03 Å². The van der Waals surface area contributed by atoms with Crippen molar-refractivity contribution in [3.63, 3.8) is 0 Å². The number of hydrazine groups is 1. The van der Waals surface area contributed by atoms with Gasteiger partial charge in [0.05, 0.1) is 6.61 Å². The number of rotatable bonds is 7. The second-order valence-electron chi connectivity index (χ2n) is 5.82. The van der Waals surface area contributed by atoms with Gasteiger partial charge in [0.1, 0.15) is 24.6 Å². The van der Waals surface area contributed by atoms with Crippen molar-refractivity contribution in [3.8, 4) is 11.5 Å². The second kappa shape index (κ2) is 8.88. The van der Waals surface area contributed by atoms with Gasteiger partial charge in [0.2, 0.25) is 0 Å². The van der Waals surface area contributed by atoms with Crippen LogP contribution in [0.3, 0.4) is 0 Å². The van der Waals surface area contributed by atoms with Crippen molar-refractivity contribution in [1.29, 1.82) is 0 Å². The Morgan fingerprint density at radius 3 is 2.33 bits per heavy atom. The normalized spacial score (nSPS) is 14.8. The largest absolute Gasteiger partial charge is 0.494 e. The van der Waals surface area contributed by atoms with Gasteiger partial charge in [0.25, 0.3) is 17.7 Å². The Kier molecular flexibility index (Phi) is 6.58. The van der Waals surface area contributed by atoms with Crippen LogP contribution in [0.2, 0.25) is 0 Å². The van der Waals surface area contributed by atoms with Gasteiger partial charge < -0.3 is 14.4 Å². The molecule has 27 heavy (non-hydrogen) atoms. The van der Waals surface area contributed by atoms with E-state index in [-0.39, 0.29) is 6.54 Å². The number of carbonyl (C=O) groups excluding carboxylic acids is 4. The number of nitrogens with zero attached hydrogens (tertiary/aromatic N) is 2. The number of carbonyl (C=O) groups is 4. The minimum Gasteiger partial charge on any atom is -0.494 e. The summed E-state index contributed by atoms with van der Waals surface area (Å²) in [5, 5.41) is 0. The molecule has 0 spiro atoms. The first-order valence-corrected chi connectivity index (χ1v) is 8.35. The van der Waals surface area contributed by atoms with E-state index in [1.54, 1.807) is 24.3 Å². The van der Waals surface area contributed by atoms with Gasteiger partial charge in [-0.3, -0.25) is 30.1 Å². The molecule has 1 heterocycles. The number of hydrogen-bond donors (Lipinski definition) is 2. The van der Waals surface area contributed by atoms with Crippen LogP contribution < -0.4 is 20.3 Å². The lowest BCUT2D eigenvalue weighted by Gasteiger charge is -2.17. The van der Waals surface area contributed by atoms with Crippen LogP contribution in [0, 0.1) is 0 Å². The Balaban J connectivity index is 1.78. The zero-order valence-corrected chi connectivity index (χ0v) is 15.4. The van der Waals surface area contributed by atoms with Crippen LogP contribution in [-0.2, 0) is 14.4 Å². The minimum atomic E-state index is -0.885. The molecular formula is C17H22N4O6. The van der Waals surface area contributed by atoms with Crippen LogP contribution in [0.25, 0.3) is 0 Å². The van der Waals surface area contributed by atoms with Crippen LogP contribution in [0.5, 0.6) is 11.5 Å². The fraction of sp³-hybridized carbons (Fsp3) is 0.412. The van der Waals surface area contributed by atoms with Crippen molar-refractivity contribution in [2.24, 2.45) is 0 Å². The molecule has 1 fully saturated rings. The molecule has 0 radical (unpaired) electrons. The highest BCUT2D eigenvalue weighted by molar-refractivity contribution is 6.04. The molecule has 1 aliphatic heterocycles. The average molecular weight is 378 g/mol. The van der Waals surface area contributed by atoms with E-state index in [2.05, 4.69) is 10.9 Å². The van der Waals surface area contributed by atoms with Crippen LogP contribution in [-0.4, -0.2) is 66.4 Å². The number of hydrogen-bond acceptors (Lipinski definition) is 6. The molecule has 1 aromatic carbocycles. The molecule has 1 atom stereocenters. The summed E-state index contributed by atoms with van der Waals surface area (Å²) in [6.07, 6.45) is -0.885. The second-order valence-corrected chi connectivity index (χ2v) is 5.82. The number of likely N-dealkylation sites (N-methyl/N-ethyl adjacent to an activating group) is 1. The molecule has 1 aromatic rings. The Labute approximate surface area is 156 Å². The van der Waals surface area contributed by atoms with Gasteiger partial charge in [0, 0.05) is 7.05 Å². The molecule has 2 rings (SSSR count). The average Bonchev–Trinajstić information content (AvgIpc) is 2.87. The number of imide groups is 1. The molecule has 10 nitrogen and oxygen atoms in total. The third kappa shape index (κ3) is 5.33. The first-order chi connectivity index (χ1) is 12.8. The number of urea groups is 1. The van der Waals surface area contributed by atoms with Crippen molar-refractivity contribution in [2.45, 2.75) is 20.0 Å². The molecule has 0 unspecified atom stereocenters. The number of nitrogens with one attached hydrogen (secondary N) is 2.